The average Bonchev–Trinajstić information content (AvgIpc) is 2.64. The van der Waals surface area contributed by atoms with Gasteiger partial charge >= 0.3 is 0 Å². The monoisotopic (exact) mass is 466 g/mol. The minimum atomic E-state index is -4.15. The largest absolute Gasteiger partial charge is 0.495 e. The Kier molecular flexibility index (Phi) is 7.22. The van der Waals surface area contributed by atoms with Crippen LogP contribution >= 0.6 is 23.2 Å². The Bertz CT molecular complexity index is 1070. The Morgan fingerprint density at radius 3 is 2.25 bits per heavy atom. The van der Waals surface area contributed by atoms with Crippen molar-refractivity contribution >= 4 is 48.9 Å². The molecule has 11 heteroatoms. The molecule has 0 amide bonds. The van der Waals surface area contributed by atoms with E-state index in [2.05, 4.69) is 4.72 Å². The Balaban J connectivity index is 2.55. The van der Waals surface area contributed by atoms with Crippen molar-refractivity contribution in [2.75, 3.05) is 24.9 Å². The number of anilines is 1. The van der Waals surface area contributed by atoms with E-state index in [1.165, 1.54) is 47.8 Å². The van der Waals surface area contributed by atoms with Crippen LogP contribution in [0.25, 0.3) is 0 Å². The number of sulfonamides is 2. The summed E-state index contributed by atoms with van der Waals surface area (Å²) < 4.78 is 59.8. The minimum absolute atomic E-state index is 0.0354. The first-order valence-corrected chi connectivity index (χ1v) is 11.9. The summed E-state index contributed by atoms with van der Waals surface area (Å²) in [5.41, 5.74) is -0.0354. The molecule has 0 radical (unpaired) electrons. The molecule has 0 bridgehead atoms. The lowest BCUT2D eigenvalue weighted by atomic mass is 10.3. The number of hydrogen-bond acceptors (Lipinski definition) is 5. The topological polar surface area (TPSA) is 92.8 Å². The predicted molar refractivity (Wildman–Crippen MR) is 110 cm³/mol. The summed E-state index contributed by atoms with van der Waals surface area (Å²) in [6.45, 7) is 4.00. The van der Waals surface area contributed by atoms with Crippen molar-refractivity contribution < 1.29 is 21.6 Å². The van der Waals surface area contributed by atoms with Crippen molar-refractivity contribution in [3.63, 3.8) is 0 Å². The van der Waals surface area contributed by atoms with Crippen molar-refractivity contribution in [1.29, 1.82) is 0 Å². The fourth-order valence-electron chi connectivity index (χ4n) is 2.53. The Morgan fingerprint density at radius 1 is 1.04 bits per heavy atom. The highest BCUT2D eigenvalue weighted by molar-refractivity contribution is 7.93. The van der Waals surface area contributed by atoms with E-state index in [0.29, 0.717) is 0 Å². The lowest BCUT2D eigenvalue weighted by Crippen LogP contribution is -2.30. The predicted octanol–water partition coefficient (Wildman–Crippen LogP) is 3.83. The van der Waals surface area contributed by atoms with Crippen molar-refractivity contribution in [2.45, 2.75) is 23.6 Å². The van der Waals surface area contributed by atoms with Gasteiger partial charge in [0.05, 0.1) is 27.7 Å². The molecular formula is C17H20Cl2N2O5S2. The van der Waals surface area contributed by atoms with Gasteiger partial charge in [-0.05, 0) is 30.3 Å². The lowest BCUT2D eigenvalue weighted by molar-refractivity contribution is 0.416. The van der Waals surface area contributed by atoms with Gasteiger partial charge in [-0.2, -0.15) is 4.31 Å². The molecule has 154 valence electrons. The van der Waals surface area contributed by atoms with Crippen molar-refractivity contribution in [2.24, 2.45) is 0 Å². The molecule has 0 aliphatic rings. The minimum Gasteiger partial charge on any atom is -0.495 e. The van der Waals surface area contributed by atoms with E-state index < -0.39 is 20.0 Å². The molecule has 0 fully saturated rings. The van der Waals surface area contributed by atoms with E-state index >= 15 is 0 Å². The van der Waals surface area contributed by atoms with Crippen LogP contribution in [0.5, 0.6) is 5.75 Å². The molecule has 7 nitrogen and oxygen atoms in total. The van der Waals surface area contributed by atoms with Crippen LogP contribution in [0.3, 0.4) is 0 Å². The van der Waals surface area contributed by atoms with E-state index in [0.717, 1.165) is 0 Å². The fraction of sp³-hybridized carbons (Fsp3) is 0.294. The van der Waals surface area contributed by atoms with Gasteiger partial charge in [0, 0.05) is 13.1 Å². The molecule has 0 aliphatic carbocycles. The van der Waals surface area contributed by atoms with Crippen molar-refractivity contribution in [3.05, 3.63) is 46.4 Å². The molecule has 0 aliphatic heterocycles. The molecule has 0 saturated heterocycles. The first kappa shape index (κ1) is 22.8. The summed E-state index contributed by atoms with van der Waals surface area (Å²) in [5, 5.41) is -0.0584. The van der Waals surface area contributed by atoms with E-state index in [1.54, 1.807) is 13.8 Å². The van der Waals surface area contributed by atoms with Crippen LogP contribution < -0.4 is 9.46 Å². The van der Waals surface area contributed by atoms with Crippen LogP contribution in [0.2, 0.25) is 10.0 Å². The number of benzene rings is 2. The molecule has 0 spiro atoms. The van der Waals surface area contributed by atoms with Crippen molar-refractivity contribution in [3.8, 4) is 5.75 Å². The highest BCUT2D eigenvalue weighted by Gasteiger charge is 2.25. The molecule has 2 aromatic rings. The summed E-state index contributed by atoms with van der Waals surface area (Å²) in [6, 6.07) is 8.15. The van der Waals surface area contributed by atoms with Crippen LogP contribution in [-0.2, 0) is 20.0 Å². The summed E-state index contributed by atoms with van der Waals surface area (Å²) >= 11 is 11.9. The van der Waals surface area contributed by atoms with E-state index in [4.69, 9.17) is 27.9 Å². The molecule has 2 rings (SSSR count). The second-order valence-corrected chi connectivity index (χ2v) is 9.98. The Labute approximate surface area is 175 Å². The maximum atomic E-state index is 12.8. The quantitative estimate of drug-likeness (QED) is 0.637. The molecule has 0 aromatic heterocycles. The fourth-order valence-corrected chi connectivity index (χ4v) is 5.84. The molecule has 1 N–H and O–H groups in total. The zero-order valence-electron chi connectivity index (χ0n) is 15.4. The summed E-state index contributed by atoms with van der Waals surface area (Å²) in [4.78, 5) is -0.299. The number of ether oxygens (including phenoxy) is 1. The van der Waals surface area contributed by atoms with Crippen LogP contribution in [0.1, 0.15) is 13.8 Å². The maximum absolute atomic E-state index is 12.8. The highest BCUT2D eigenvalue weighted by atomic mass is 35.5. The molecule has 0 heterocycles. The van der Waals surface area contributed by atoms with Crippen LogP contribution in [0, 0.1) is 0 Å². The molecule has 0 atom stereocenters. The van der Waals surface area contributed by atoms with Crippen LogP contribution in [0.15, 0.2) is 46.2 Å². The standard InChI is InChI=1S/C17H20Cl2N2O5S2/c1-4-21(5-2)28(24,25)12-9-10-15(26-3)14(11-12)20-27(22,23)16-8-6-7-13(18)17(16)19/h6-11,20H,4-5H2,1-3H3. The number of halogens is 2. The van der Waals surface area contributed by atoms with Crippen LogP contribution in [-0.4, -0.2) is 41.3 Å². The lowest BCUT2D eigenvalue weighted by Gasteiger charge is -2.20. The number of nitrogens with zero attached hydrogens (tertiary/aromatic N) is 1. The van der Waals surface area contributed by atoms with Gasteiger partial charge < -0.3 is 4.74 Å². The maximum Gasteiger partial charge on any atom is 0.263 e. The Morgan fingerprint density at radius 2 is 1.68 bits per heavy atom. The first-order chi connectivity index (χ1) is 13.1. The third-order valence-electron chi connectivity index (χ3n) is 3.96. The normalized spacial score (nSPS) is 12.2. The van der Waals surface area contributed by atoms with Gasteiger partial charge in [0.2, 0.25) is 10.0 Å². The zero-order valence-corrected chi connectivity index (χ0v) is 18.6. The molecule has 28 heavy (non-hydrogen) atoms. The Hall–Kier alpha value is -1.52. The average molecular weight is 467 g/mol. The number of rotatable bonds is 8. The summed E-state index contributed by atoms with van der Waals surface area (Å²) in [5.74, 6) is 0.153. The van der Waals surface area contributed by atoms with Gasteiger partial charge in [0.15, 0.2) is 0 Å². The highest BCUT2D eigenvalue weighted by Crippen LogP contribution is 2.34. The molecule has 0 saturated carbocycles. The van der Waals surface area contributed by atoms with Crippen LogP contribution in [0.4, 0.5) is 5.69 Å². The molecular weight excluding hydrogens is 447 g/mol. The van der Waals surface area contributed by atoms with E-state index in [1.807, 2.05) is 0 Å². The zero-order chi connectivity index (χ0) is 21.1. The van der Waals surface area contributed by atoms with Gasteiger partial charge in [-0.3, -0.25) is 4.72 Å². The van der Waals surface area contributed by atoms with Gasteiger partial charge in [0.1, 0.15) is 10.6 Å². The van der Waals surface area contributed by atoms with Gasteiger partial charge in [-0.1, -0.05) is 43.1 Å². The van der Waals surface area contributed by atoms with E-state index in [-0.39, 0.29) is 44.4 Å². The summed E-state index contributed by atoms with van der Waals surface area (Å²) in [7, 11) is -6.59. The number of nitrogens with one attached hydrogen (secondary N) is 1. The smallest absolute Gasteiger partial charge is 0.263 e. The third-order valence-corrected chi connectivity index (χ3v) is 8.35. The second-order valence-electron chi connectivity index (χ2n) is 5.61. The van der Waals surface area contributed by atoms with Gasteiger partial charge in [-0.25, -0.2) is 16.8 Å². The SMILES string of the molecule is CCN(CC)S(=O)(=O)c1ccc(OC)c(NS(=O)(=O)c2cccc(Cl)c2Cl)c1. The van der Waals surface area contributed by atoms with Gasteiger partial charge in [0.25, 0.3) is 10.0 Å². The number of methoxy groups -OCH3 is 1. The first-order valence-electron chi connectivity index (χ1n) is 8.23. The second kappa shape index (κ2) is 8.87. The van der Waals surface area contributed by atoms with Gasteiger partial charge in [-0.15, -0.1) is 0 Å². The summed E-state index contributed by atoms with van der Waals surface area (Å²) in [6.07, 6.45) is 0. The number of hydrogen-bond donors (Lipinski definition) is 1. The molecule has 2 aromatic carbocycles. The molecule has 0 unspecified atom stereocenters. The van der Waals surface area contributed by atoms with Crippen molar-refractivity contribution in [1.82, 2.24) is 4.31 Å². The third kappa shape index (κ3) is 4.55. The van der Waals surface area contributed by atoms with E-state index in [9.17, 15) is 16.8 Å².